The Morgan fingerprint density at radius 2 is 1.11 bits per heavy atom. The molecule has 2 heterocycles. The first-order valence-corrected chi connectivity index (χ1v) is 15.5. The van der Waals surface area contributed by atoms with Gasteiger partial charge in [-0.25, -0.2) is 0 Å². The van der Waals surface area contributed by atoms with E-state index in [1.54, 1.807) is 0 Å². The van der Waals surface area contributed by atoms with Crippen LogP contribution in [0.2, 0.25) is 0 Å². The lowest BCUT2D eigenvalue weighted by molar-refractivity contribution is 0.670. The Labute approximate surface area is 266 Å². The maximum atomic E-state index is 6.37. The van der Waals surface area contributed by atoms with Gasteiger partial charge in [0.1, 0.15) is 11.2 Å². The third-order valence-electron chi connectivity index (χ3n) is 8.91. The monoisotopic (exact) mass is 588 g/mol. The normalized spacial score (nSPS) is 11.5. The number of nitrogens with zero attached hydrogens (tertiary/aromatic N) is 2. The number of para-hydroxylation sites is 2. The lowest BCUT2D eigenvalue weighted by Crippen LogP contribution is -2.10. The van der Waals surface area contributed by atoms with E-state index in [-0.39, 0.29) is 0 Å². The van der Waals surface area contributed by atoms with E-state index >= 15 is 0 Å². The minimum atomic E-state index is 0.906. The van der Waals surface area contributed by atoms with Gasteiger partial charge < -0.3 is 9.32 Å². The molecule has 216 valence electrons. The molecular weight excluding hydrogens is 560 g/mol. The van der Waals surface area contributed by atoms with E-state index in [4.69, 9.17) is 9.40 Å². The second kappa shape index (κ2) is 10.8. The highest BCUT2D eigenvalue weighted by Gasteiger charge is 2.19. The molecule has 0 radical (unpaired) electrons. The average Bonchev–Trinajstić information content (AvgIpc) is 3.52. The highest BCUT2D eigenvalue weighted by atomic mass is 16.3. The molecule has 0 aliphatic heterocycles. The van der Waals surface area contributed by atoms with Crippen molar-refractivity contribution in [2.24, 2.45) is 0 Å². The molecule has 0 N–H and O–H groups in total. The molecule has 9 aromatic rings. The van der Waals surface area contributed by atoms with Crippen LogP contribution in [0, 0.1) is 0 Å². The summed E-state index contributed by atoms with van der Waals surface area (Å²) in [7, 11) is 0. The van der Waals surface area contributed by atoms with Crippen molar-refractivity contribution in [1.82, 2.24) is 4.98 Å². The fourth-order valence-corrected chi connectivity index (χ4v) is 6.71. The molecule has 0 unspecified atom stereocenters. The number of fused-ring (bicyclic) bond motifs is 6. The largest absolute Gasteiger partial charge is 0.455 e. The van der Waals surface area contributed by atoms with Crippen LogP contribution in [-0.4, -0.2) is 4.98 Å². The van der Waals surface area contributed by atoms with Crippen molar-refractivity contribution in [3.63, 3.8) is 0 Å². The van der Waals surface area contributed by atoms with Crippen LogP contribution in [0.4, 0.5) is 17.1 Å². The Morgan fingerprint density at radius 1 is 0.457 bits per heavy atom. The van der Waals surface area contributed by atoms with Gasteiger partial charge in [0.05, 0.1) is 11.2 Å². The maximum absolute atomic E-state index is 6.37. The predicted octanol–water partition coefficient (Wildman–Crippen LogP) is 12.1. The zero-order chi connectivity index (χ0) is 30.5. The number of anilines is 3. The van der Waals surface area contributed by atoms with Gasteiger partial charge in [-0.2, -0.15) is 0 Å². The third-order valence-corrected chi connectivity index (χ3v) is 8.91. The Morgan fingerprint density at radius 3 is 1.93 bits per heavy atom. The second-order valence-electron chi connectivity index (χ2n) is 11.6. The van der Waals surface area contributed by atoms with Crippen molar-refractivity contribution in [2.45, 2.75) is 0 Å². The summed E-state index contributed by atoms with van der Waals surface area (Å²) in [5.41, 5.74) is 10.6. The molecule has 0 saturated carbocycles. The molecule has 3 heteroatoms. The van der Waals surface area contributed by atoms with Crippen molar-refractivity contribution < 1.29 is 4.42 Å². The van der Waals surface area contributed by atoms with Gasteiger partial charge in [-0.3, -0.25) is 4.98 Å². The first-order valence-electron chi connectivity index (χ1n) is 15.5. The van der Waals surface area contributed by atoms with Crippen LogP contribution in [0.15, 0.2) is 174 Å². The van der Waals surface area contributed by atoms with Crippen LogP contribution in [0.1, 0.15) is 0 Å². The zero-order valence-electron chi connectivity index (χ0n) is 25.0. The fraction of sp³-hybridized carbons (Fsp3) is 0. The molecule has 3 nitrogen and oxygen atoms in total. The van der Waals surface area contributed by atoms with E-state index in [9.17, 15) is 0 Å². The van der Waals surface area contributed by atoms with Crippen LogP contribution in [0.3, 0.4) is 0 Å². The third kappa shape index (κ3) is 4.33. The summed E-state index contributed by atoms with van der Waals surface area (Å²) in [4.78, 5) is 7.20. The number of hydrogen-bond acceptors (Lipinski definition) is 3. The van der Waals surface area contributed by atoms with E-state index in [0.717, 1.165) is 71.8 Å². The Bertz CT molecular complexity index is 2510. The van der Waals surface area contributed by atoms with E-state index < -0.39 is 0 Å². The van der Waals surface area contributed by atoms with Gasteiger partial charge in [-0.05, 0) is 64.5 Å². The van der Waals surface area contributed by atoms with Crippen LogP contribution in [0.25, 0.3) is 65.9 Å². The SMILES string of the molecule is c1ccc(-c2ccc(N(c3ccc(-c4cccc5c4oc4ccccc45)cc3)c3cccc4ccc5cccnc5c34)cc2)cc1. The number of benzene rings is 7. The molecule has 0 bridgehead atoms. The van der Waals surface area contributed by atoms with Crippen molar-refractivity contribution in [2.75, 3.05) is 4.90 Å². The molecule has 9 rings (SSSR count). The molecule has 0 fully saturated rings. The molecule has 7 aromatic carbocycles. The molecule has 2 aromatic heterocycles. The van der Waals surface area contributed by atoms with E-state index in [0.29, 0.717) is 0 Å². The first-order chi connectivity index (χ1) is 22.8. The van der Waals surface area contributed by atoms with Gasteiger partial charge in [0.2, 0.25) is 0 Å². The summed E-state index contributed by atoms with van der Waals surface area (Å²) in [6.45, 7) is 0. The molecule has 0 spiro atoms. The lowest BCUT2D eigenvalue weighted by Gasteiger charge is -2.27. The molecular formula is C43H28N2O. The maximum Gasteiger partial charge on any atom is 0.143 e. The van der Waals surface area contributed by atoms with Crippen molar-refractivity contribution >= 4 is 60.7 Å². The molecule has 0 saturated heterocycles. The van der Waals surface area contributed by atoms with Gasteiger partial charge in [0.15, 0.2) is 0 Å². The van der Waals surface area contributed by atoms with E-state index in [1.807, 2.05) is 24.4 Å². The quantitative estimate of drug-likeness (QED) is 0.187. The smallest absolute Gasteiger partial charge is 0.143 e. The van der Waals surface area contributed by atoms with Crippen molar-refractivity contribution in [3.05, 3.63) is 170 Å². The minimum absolute atomic E-state index is 0.906. The summed E-state index contributed by atoms with van der Waals surface area (Å²) < 4.78 is 6.37. The predicted molar refractivity (Wildman–Crippen MR) is 192 cm³/mol. The molecule has 46 heavy (non-hydrogen) atoms. The lowest BCUT2D eigenvalue weighted by atomic mass is 10.00. The minimum Gasteiger partial charge on any atom is -0.455 e. The highest BCUT2D eigenvalue weighted by molar-refractivity contribution is 6.13. The molecule has 0 amide bonds. The van der Waals surface area contributed by atoms with Crippen LogP contribution in [-0.2, 0) is 0 Å². The van der Waals surface area contributed by atoms with Gasteiger partial charge >= 0.3 is 0 Å². The molecule has 0 aliphatic rings. The summed E-state index contributed by atoms with van der Waals surface area (Å²) in [5.74, 6) is 0. The first kappa shape index (κ1) is 26.2. The number of aromatic nitrogens is 1. The molecule has 0 atom stereocenters. The summed E-state index contributed by atoms with van der Waals surface area (Å²) in [6.07, 6.45) is 1.88. The van der Waals surface area contributed by atoms with Gasteiger partial charge in [0.25, 0.3) is 0 Å². The van der Waals surface area contributed by atoms with E-state index in [1.165, 1.54) is 11.1 Å². The second-order valence-corrected chi connectivity index (χ2v) is 11.6. The number of hydrogen-bond donors (Lipinski definition) is 0. The summed E-state index contributed by atoms with van der Waals surface area (Å²) in [5, 5.41) is 5.67. The highest BCUT2D eigenvalue weighted by Crippen LogP contribution is 2.43. The van der Waals surface area contributed by atoms with Gasteiger partial charge in [-0.1, -0.05) is 121 Å². The fourth-order valence-electron chi connectivity index (χ4n) is 6.71. The van der Waals surface area contributed by atoms with Crippen molar-refractivity contribution in [1.29, 1.82) is 0 Å². The van der Waals surface area contributed by atoms with Crippen LogP contribution < -0.4 is 4.90 Å². The zero-order valence-corrected chi connectivity index (χ0v) is 25.0. The van der Waals surface area contributed by atoms with Crippen molar-refractivity contribution in [3.8, 4) is 22.3 Å². The van der Waals surface area contributed by atoms with Crippen LogP contribution >= 0.6 is 0 Å². The molecule has 0 aliphatic carbocycles. The number of furan rings is 1. The average molecular weight is 589 g/mol. The van der Waals surface area contributed by atoms with E-state index in [2.05, 4.69) is 150 Å². The van der Waals surface area contributed by atoms with Crippen LogP contribution in [0.5, 0.6) is 0 Å². The topological polar surface area (TPSA) is 29.3 Å². The van der Waals surface area contributed by atoms with Gasteiger partial charge in [-0.15, -0.1) is 0 Å². The van der Waals surface area contributed by atoms with Gasteiger partial charge in [0, 0.05) is 44.7 Å². The number of rotatable bonds is 5. The Balaban J connectivity index is 1.22. The summed E-state index contributed by atoms with van der Waals surface area (Å²) in [6, 6.07) is 57.8. The summed E-state index contributed by atoms with van der Waals surface area (Å²) >= 11 is 0. The Hall–Kier alpha value is -6.19. The number of pyridine rings is 1. The Kier molecular flexibility index (Phi) is 6.14. The standard InChI is InChI=1S/C43H28N2O/c1-2-9-29(10-3-1)30-20-24-34(25-21-30)45(39-16-6-11-32-18-19-33-12-8-28-44-42(33)41(32)39)35-26-22-31(23-27-35)36-14-7-15-38-37-13-4-5-17-40(37)46-43(36)38/h1-28H.